The number of hydrogen-bond acceptors (Lipinski definition) is 5. The molecule has 6 heteroatoms. The Hall–Kier alpha value is -2.08. The van der Waals surface area contributed by atoms with Crippen LogP contribution in [-0.4, -0.2) is 21.6 Å². The van der Waals surface area contributed by atoms with Gasteiger partial charge in [0.1, 0.15) is 5.82 Å². The minimum Gasteiger partial charge on any atom is -0.384 e. The van der Waals surface area contributed by atoms with Gasteiger partial charge in [-0.3, -0.25) is 4.79 Å². The monoisotopic (exact) mass is 316 g/mol. The molecule has 0 aliphatic heterocycles. The zero-order valence-electron chi connectivity index (χ0n) is 13.2. The van der Waals surface area contributed by atoms with E-state index in [1.54, 1.807) is 6.07 Å². The lowest BCUT2D eigenvalue weighted by Gasteiger charge is -2.12. The Morgan fingerprint density at radius 2 is 1.77 bits per heavy atom. The number of nitrogen functional groups attached to an aromatic ring is 1. The predicted molar refractivity (Wildman–Crippen MR) is 91.2 cm³/mol. The highest BCUT2D eigenvalue weighted by Gasteiger charge is 2.10. The van der Waals surface area contributed by atoms with E-state index in [1.165, 1.54) is 17.3 Å². The number of carbonyl (C=O) groups is 1. The van der Waals surface area contributed by atoms with Gasteiger partial charge in [-0.05, 0) is 38.8 Å². The van der Waals surface area contributed by atoms with Gasteiger partial charge in [0, 0.05) is 17.4 Å². The molecular weight excluding hydrogens is 296 g/mol. The molecule has 1 heterocycles. The van der Waals surface area contributed by atoms with Gasteiger partial charge in [0.25, 0.3) is 0 Å². The van der Waals surface area contributed by atoms with Crippen LogP contribution in [0.5, 0.6) is 0 Å². The quantitative estimate of drug-likeness (QED) is 0.669. The largest absolute Gasteiger partial charge is 0.384 e. The number of carbonyl (C=O) groups excluding carboxylic acids is 1. The van der Waals surface area contributed by atoms with Crippen molar-refractivity contribution < 1.29 is 4.79 Å². The van der Waals surface area contributed by atoms with E-state index in [9.17, 15) is 4.79 Å². The van der Waals surface area contributed by atoms with Crippen LogP contribution >= 0.6 is 11.8 Å². The SMILES string of the molecule is Cc1cc(C)c(NC(=O)CSc2nc(C)cc(N)n2)c(C)c1. The fourth-order valence-corrected chi connectivity index (χ4v) is 3.02. The zero-order valence-corrected chi connectivity index (χ0v) is 14.0. The zero-order chi connectivity index (χ0) is 16.3. The Kier molecular flexibility index (Phi) is 5.03. The topological polar surface area (TPSA) is 80.9 Å². The summed E-state index contributed by atoms with van der Waals surface area (Å²) in [6.07, 6.45) is 0. The van der Waals surface area contributed by atoms with Crippen LogP contribution in [0.2, 0.25) is 0 Å². The average molecular weight is 316 g/mol. The Balaban J connectivity index is 2.02. The maximum atomic E-state index is 12.1. The van der Waals surface area contributed by atoms with Gasteiger partial charge in [0.05, 0.1) is 5.75 Å². The first-order chi connectivity index (χ1) is 10.3. The first-order valence-corrected chi connectivity index (χ1v) is 7.95. The Morgan fingerprint density at radius 1 is 1.14 bits per heavy atom. The Morgan fingerprint density at radius 3 is 2.36 bits per heavy atom. The maximum absolute atomic E-state index is 12.1. The molecule has 1 aromatic heterocycles. The fraction of sp³-hybridized carbons (Fsp3) is 0.312. The summed E-state index contributed by atoms with van der Waals surface area (Å²) >= 11 is 1.28. The molecule has 0 saturated heterocycles. The highest BCUT2D eigenvalue weighted by Crippen LogP contribution is 2.22. The first kappa shape index (κ1) is 16.3. The molecule has 2 rings (SSSR count). The lowest BCUT2D eigenvalue weighted by Crippen LogP contribution is -2.16. The van der Waals surface area contributed by atoms with Crippen LogP contribution in [-0.2, 0) is 4.79 Å². The van der Waals surface area contributed by atoms with E-state index in [2.05, 4.69) is 27.4 Å². The molecule has 0 fully saturated rings. The molecule has 1 aromatic carbocycles. The van der Waals surface area contributed by atoms with Crippen molar-refractivity contribution in [2.75, 3.05) is 16.8 Å². The fourth-order valence-electron chi connectivity index (χ4n) is 2.31. The maximum Gasteiger partial charge on any atom is 0.234 e. The van der Waals surface area contributed by atoms with Gasteiger partial charge >= 0.3 is 0 Å². The molecule has 1 amide bonds. The third-order valence-electron chi connectivity index (χ3n) is 3.13. The van der Waals surface area contributed by atoms with Crippen LogP contribution in [0.1, 0.15) is 22.4 Å². The summed E-state index contributed by atoms with van der Waals surface area (Å²) in [6, 6.07) is 5.81. The molecule has 0 saturated carbocycles. The molecule has 0 aliphatic rings. The number of thioether (sulfide) groups is 1. The number of anilines is 2. The van der Waals surface area contributed by atoms with Gasteiger partial charge in [0.15, 0.2) is 5.16 Å². The minimum absolute atomic E-state index is 0.0799. The standard InChI is InChI=1S/C16H20N4OS/c1-9-5-10(2)15(11(3)6-9)20-14(21)8-22-16-18-12(4)7-13(17)19-16/h5-7H,8H2,1-4H3,(H,20,21)(H2,17,18,19). The second-order valence-corrected chi connectivity index (χ2v) is 6.27. The van der Waals surface area contributed by atoms with Crippen molar-refractivity contribution in [3.05, 3.63) is 40.6 Å². The Bertz CT molecular complexity index is 672. The molecule has 3 N–H and O–H groups in total. The third-order valence-corrected chi connectivity index (χ3v) is 3.97. The van der Waals surface area contributed by atoms with E-state index in [4.69, 9.17) is 5.73 Å². The van der Waals surface area contributed by atoms with Crippen molar-refractivity contribution in [3.8, 4) is 0 Å². The van der Waals surface area contributed by atoms with Crippen molar-refractivity contribution in [3.63, 3.8) is 0 Å². The molecule has 0 spiro atoms. The molecule has 0 atom stereocenters. The van der Waals surface area contributed by atoms with Crippen LogP contribution in [0.4, 0.5) is 11.5 Å². The van der Waals surface area contributed by atoms with Crippen molar-refractivity contribution in [1.82, 2.24) is 9.97 Å². The van der Waals surface area contributed by atoms with Gasteiger partial charge in [-0.2, -0.15) is 0 Å². The summed E-state index contributed by atoms with van der Waals surface area (Å²) in [4.78, 5) is 20.5. The molecule has 22 heavy (non-hydrogen) atoms. The molecule has 0 radical (unpaired) electrons. The number of nitrogens with one attached hydrogen (secondary N) is 1. The van der Waals surface area contributed by atoms with Crippen LogP contribution in [0.3, 0.4) is 0 Å². The summed E-state index contributed by atoms with van der Waals surface area (Å²) in [5.74, 6) is 0.583. The molecule has 0 aliphatic carbocycles. The van der Waals surface area contributed by atoms with Crippen molar-refractivity contribution in [1.29, 1.82) is 0 Å². The number of aromatic nitrogens is 2. The van der Waals surface area contributed by atoms with Gasteiger partial charge in [-0.15, -0.1) is 0 Å². The number of nitrogens with zero attached hydrogens (tertiary/aromatic N) is 2. The van der Waals surface area contributed by atoms with Crippen molar-refractivity contribution in [2.24, 2.45) is 0 Å². The Labute approximate surface area is 134 Å². The van der Waals surface area contributed by atoms with E-state index in [0.29, 0.717) is 11.0 Å². The van der Waals surface area contributed by atoms with E-state index in [1.807, 2.05) is 27.7 Å². The average Bonchev–Trinajstić information content (AvgIpc) is 2.39. The normalized spacial score (nSPS) is 10.5. The van der Waals surface area contributed by atoms with Crippen LogP contribution < -0.4 is 11.1 Å². The van der Waals surface area contributed by atoms with E-state index >= 15 is 0 Å². The number of aryl methyl sites for hydroxylation is 4. The van der Waals surface area contributed by atoms with Crippen LogP contribution in [0.25, 0.3) is 0 Å². The first-order valence-electron chi connectivity index (χ1n) is 6.97. The van der Waals surface area contributed by atoms with Crippen LogP contribution in [0, 0.1) is 27.7 Å². The second kappa shape index (κ2) is 6.79. The van der Waals surface area contributed by atoms with Gasteiger partial charge in [0.2, 0.25) is 5.91 Å². The third kappa shape index (κ3) is 4.21. The predicted octanol–water partition coefficient (Wildman–Crippen LogP) is 3.02. The van der Waals surface area contributed by atoms with E-state index < -0.39 is 0 Å². The molecule has 0 bridgehead atoms. The van der Waals surface area contributed by atoms with E-state index in [-0.39, 0.29) is 11.7 Å². The molecule has 2 aromatic rings. The second-order valence-electron chi connectivity index (χ2n) is 5.33. The van der Waals surface area contributed by atoms with Gasteiger partial charge in [-0.25, -0.2) is 9.97 Å². The summed E-state index contributed by atoms with van der Waals surface area (Å²) in [5.41, 5.74) is 10.7. The smallest absolute Gasteiger partial charge is 0.234 e. The summed E-state index contributed by atoms with van der Waals surface area (Å²) in [6.45, 7) is 7.88. The summed E-state index contributed by atoms with van der Waals surface area (Å²) in [5, 5.41) is 3.48. The lowest BCUT2D eigenvalue weighted by atomic mass is 10.1. The highest BCUT2D eigenvalue weighted by atomic mass is 32.2. The molecular formula is C16H20N4OS. The summed E-state index contributed by atoms with van der Waals surface area (Å²) in [7, 11) is 0. The number of hydrogen-bond donors (Lipinski definition) is 2. The number of rotatable bonds is 4. The number of nitrogens with two attached hydrogens (primary N) is 1. The number of amides is 1. The van der Waals surface area contributed by atoms with Crippen LogP contribution in [0.15, 0.2) is 23.4 Å². The van der Waals surface area contributed by atoms with Gasteiger partial charge in [-0.1, -0.05) is 29.5 Å². The molecule has 116 valence electrons. The number of benzene rings is 1. The molecule has 5 nitrogen and oxygen atoms in total. The molecule has 0 unspecified atom stereocenters. The van der Waals surface area contributed by atoms with E-state index in [0.717, 1.165) is 22.5 Å². The van der Waals surface area contributed by atoms with Crippen molar-refractivity contribution >= 4 is 29.2 Å². The van der Waals surface area contributed by atoms with Gasteiger partial charge < -0.3 is 11.1 Å². The summed E-state index contributed by atoms with van der Waals surface area (Å²) < 4.78 is 0. The van der Waals surface area contributed by atoms with Crippen molar-refractivity contribution in [2.45, 2.75) is 32.9 Å². The minimum atomic E-state index is -0.0799. The highest BCUT2D eigenvalue weighted by molar-refractivity contribution is 7.99. The lowest BCUT2D eigenvalue weighted by molar-refractivity contribution is -0.113.